The standard InChI is InChI=1S/C11H7N4O/c12-7-15-11(16)10-5-9(6-14-10)8-1-3-13-4-2-8/h1-6,14H/q-1. The zero-order valence-electron chi connectivity index (χ0n) is 8.21. The molecule has 0 aliphatic heterocycles. The third kappa shape index (κ3) is 1.94. The molecule has 2 aromatic heterocycles. The summed E-state index contributed by atoms with van der Waals surface area (Å²) in [5, 5.41) is 8.26. The van der Waals surface area contributed by atoms with Crippen LogP contribution in [0.3, 0.4) is 0 Å². The van der Waals surface area contributed by atoms with E-state index in [9.17, 15) is 4.79 Å². The molecule has 0 radical (unpaired) electrons. The van der Waals surface area contributed by atoms with Crippen LogP contribution in [0, 0.1) is 0 Å². The molecule has 16 heavy (non-hydrogen) atoms. The van der Waals surface area contributed by atoms with E-state index >= 15 is 0 Å². The number of carbonyl (C=O) groups excluding carboxylic acids is 1. The Bertz CT molecular complexity index is 552. The largest absolute Gasteiger partial charge is 0.422 e. The van der Waals surface area contributed by atoms with Crippen LogP contribution in [0.4, 0.5) is 0 Å². The normalized spacial score (nSPS) is 9.50. The van der Waals surface area contributed by atoms with Crippen LogP contribution >= 0.6 is 0 Å². The van der Waals surface area contributed by atoms with Crippen LogP contribution in [0.15, 0.2) is 41.8 Å². The quantitative estimate of drug-likeness (QED) is 0.770. The Balaban J connectivity index is 2.33. The van der Waals surface area contributed by atoms with Gasteiger partial charge >= 0.3 is 0 Å². The van der Waals surface area contributed by atoms with Gasteiger partial charge < -0.3 is 15.4 Å². The predicted octanol–water partition coefficient (Wildman–Crippen LogP) is 1.96. The maximum atomic E-state index is 11.3. The van der Waals surface area contributed by atoms with Crippen molar-refractivity contribution < 1.29 is 4.79 Å². The third-order valence-corrected chi connectivity index (χ3v) is 2.08. The minimum absolute atomic E-state index is 0.299. The van der Waals surface area contributed by atoms with Gasteiger partial charge in [0, 0.05) is 18.6 Å². The lowest BCUT2D eigenvalue weighted by Crippen LogP contribution is -1.92. The molecule has 2 rings (SSSR count). The lowest BCUT2D eigenvalue weighted by molar-refractivity contribution is 0.0999. The van der Waals surface area contributed by atoms with Gasteiger partial charge in [0.05, 0.1) is 5.69 Å². The average molecular weight is 211 g/mol. The summed E-state index contributed by atoms with van der Waals surface area (Å²) in [5.41, 5.74) is 2.11. The molecule has 2 aromatic rings. The van der Waals surface area contributed by atoms with Gasteiger partial charge in [-0.25, -0.2) is 0 Å². The number of aliphatic imine (C=N–C) groups is 1. The lowest BCUT2D eigenvalue weighted by atomic mass is 10.1. The molecule has 0 saturated heterocycles. The van der Waals surface area contributed by atoms with Crippen LogP contribution in [0.1, 0.15) is 10.5 Å². The van der Waals surface area contributed by atoms with Gasteiger partial charge in [-0.3, -0.25) is 9.78 Å². The van der Waals surface area contributed by atoms with Gasteiger partial charge in [-0.05, 0) is 29.3 Å². The maximum Gasteiger partial charge on any atom is 0.200 e. The summed E-state index contributed by atoms with van der Waals surface area (Å²) in [6.07, 6.45) is 5.03. The van der Waals surface area contributed by atoms with Crippen molar-refractivity contribution in [2.45, 2.75) is 0 Å². The molecule has 0 aliphatic carbocycles. The Kier molecular flexibility index (Phi) is 2.71. The van der Waals surface area contributed by atoms with E-state index in [1.807, 2.05) is 12.1 Å². The summed E-state index contributed by atoms with van der Waals surface area (Å²) in [6.45, 7) is 0. The van der Waals surface area contributed by atoms with Gasteiger partial charge in [0.1, 0.15) is 0 Å². The van der Waals surface area contributed by atoms with Crippen LogP contribution in [0.25, 0.3) is 16.5 Å². The zero-order chi connectivity index (χ0) is 11.4. The lowest BCUT2D eigenvalue weighted by Gasteiger charge is -1.94. The number of nitrogens with zero attached hydrogens (tertiary/aromatic N) is 3. The Labute approximate surface area is 91.4 Å². The van der Waals surface area contributed by atoms with Crippen LogP contribution < -0.4 is 0 Å². The second kappa shape index (κ2) is 4.33. The Morgan fingerprint density at radius 1 is 1.38 bits per heavy atom. The van der Waals surface area contributed by atoms with Crippen molar-refractivity contribution in [3.63, 3.8) is 0 Å². The van der Waals surface area contributed by atoms with E-state index in [2.05, 4.69) is 15.0 Å². The van der Waals surface area contributed by atoms with E-state index in [0.717, 1.165) is 11.1 Å². The van der Waals surface area contributed by atoms with Gasteiger partial charge in [-0.2, -0.15) is 0 Å². The van der Waals surface area contributed by atoms with Gasteiger partial charge in [0.15, 0.2) is 0 Å². The van der Waals surface area contributed by atoms with Crippen LogP contribution in [-0.2, 0) is 0 Å². The number of hydrogen-bond donors (Lipinski definition) is 1. The number of rotatable bonds is 2. The Morgan fingerprint density at radius 2 is 2.12 bits per heavy atom. The van der Waals surface area contributed by atoms with E-state index in [4.69, 9.17) is 5.41 Å². The highest BCUT2D eigenvalue weighted by Crippen LogP contribution is 2.19. The number of pyridine rings is 1. The minimum atomic E-state index is -0.567. The second-order valence-electron chi connectivity index (χ2n) is 3.05. The smallest absolute Gasteiger partial charge is 0.200 e. The molecule has 0 fully saturated rings. The number of aromatic nitrogens is 2. The summed E-state index contributed by atoms with van der Waals surface area (Å²) in [5.74, 6) is -0.567. The Morgan fingerprint density at radius 3 is 2.81 bits per heavy atom. The first-order valence-corrected chi connectivity index (χ1v) is 4.54. The number of hydrogen-bond acceptors (Lipinski definition) is 2. The van der Waals surface area contributed by atoms with Crippen molar-refractivity contribution >= 4 is 11.9 Å². The molecular weight excluding hydrogens is 204 g/mol. The number of H-pyrrole nitrogens is 1. The summed E-state index contributed by atoms with van der Waals surface area (Å²) in [6, 6.07) is 6.78. The number of aromatic amines is 1. The topological polar surface area (TPSA) is 80.4 Å². The molecule has 1 N–H and O–H groups in total. The van der Waals surface area contributed by atoms with E-state index in [0.29, 0.717) is 5.69 Å². The summed E-state index contributed by atoms with van der Waals surface area (Å²) in [4.78, 5) is 21.1. The molecule has 0 aromatic carbocycles. The fourth-order valence-corrected chi connectivity index (χ4v) is 1.33. The van der Waals surface area contributed by atoms with Gasteiger partial charge in [-0.1, -0.05) is 0 Å². The fraction of sp³-hybridized carbons (Fsp3) is 0. The van der Waals surface area contributed by atoms with E-state index in [1.54, 1.807) is 24.7 Å². The molecule has 0 atom stereocenters. The number of nitrogens with one attached hydrogen (secondary N) is 1. The van der Waals surface area contributed by atoms with Crippen LogP contribution in [-0.4, -0.2) is 21.9 Å². The van der Waals surface area contributed by atoms with Crippen molar-refractivity contribution in [3.8, 4) is 11.1 Å². The highest BCUT2D eigenvalue weighted by Gasteiger charge is 2.04. The number of carbonyl (C=O) groups is 1. The molecule has 0 spiro atoms. The monoisotopic (exact) mass is 211 g/mol. The maximum absolute atomic E-state index is 11.3. The first-order valence-electron chi connectivity index (χ1n) is 4.54. The highest BCUT2D eigenvalue weighted by molar-refractivity contribution is 5.97. The Hall–Kier alpha value is -2.52. The van der Waals surface area contributed by atoms with Crippen molar-refractivity contribution in [2.24, 2.45) is 4.99 Å². The average Bonchev–Trinajstić information content (AvgIpc) is 2.80. The second-order valence-corrected chi connectivity index (χ2v) is 3.05. The highest BCUT2D eigenvalue weighted by atomic mass is 16.1. The fourth-order valence-electron chi connectivity index (χ4n) is 1.33. The first-order chi connectivity index (χ1) is 7.81. The van der Waals surface area contributed by atoms with Crippen LogP contribution in [0.2, 0.25) is 0 Å². The summed E-state index contributed by atoms with van der Waals surface area (Å²) >= 11 is 0. The zero-order valence-corrected chi connectivity index (χ0v) is 8.21. The van der Waals surface area contributed by atoms with Gasteiger partial charge in [0.2, 0.25) is 5.91 Å². The predicted molar refractivity (Wildman–Crippen MR) is 59.1 cm³/mol. The third-order valence-electron chi connectivity index (χ3n) is 2.08. The van der Waals surface area contributed by atoms with Crippen molar-refractivity contribution in [3.05, 3.63) is 47.9 Å². The molecule has 0 saturated carbocycles. The van der Waals surface area contributed by atoms with Gasteiger partial charge in [-0.15, -0.1) is 6.01 Å². The first kappa shape index (κ1) is 10.0. The van der Waals surface area contributed by atoms with E-state index in [-0.39, 0.29) is 0 Å². The van der Waals surface area contributed by atoms with E-state index in [1.165, 1.54) is 6.01 Å². The molecule has 78 valence electrons. The minimum Gasteiger partial charge on any atom is -0.422 e. The number of amides is 1. The molecular formula is C11H7N4O-. The molecule has 5 nitrogen and oxygen atoms in total. The molecule has 0 unspecified atom stereocenters. The van der Waals surface area contributed by atoms with Crippen molar-refractivity contribution in [2.75, 3.05) is 0 Å². The van der Waals surface area contributed by atoms with Crippen molar-refractivity contribution in [1.82, 2.24) is 9.97 Å². The molecule has 0 bridgehead atoms. The van der Waals surface area contributed by atoms with Gasteiger partial charge in [0.25, 0.3) is 0 Å². The molecule has 0 aliphatic rings. The molecule has 5 heteroatoms. The summed E-state index contributed by atoms with van der Waals surface area (Å²) in [7, 11) is 0. The SMILES string of the molecule is [N-]=C=NC(=O)c1cc(-c2ccncc2)c[nH]1. The molecule has 1 amide bonds. The molecule has 2 heterocycles. The van der Waals surface area contributed by atoms with E-state index < -0.39 is 5.91 Å². The van der Waals surface area contributed by atoms with Crippen molar-refractivity contribution in [1.29, 1.82) is 0 Å². The summed E-state index contributed by atoms with van der Waals surface area (Å²) < 4.78 is 0. The van der Waals surface area contributed by atoms with Crippen LogP contribution in [0.5, 0.6) is 0 Å².